The van der Waals surface area contributed by atoms with E-state index in [1.54, 1.807) is 18.2 Å². The van der Waals surface area contributed by atoms with Crippen molar-refractivity contribution in [1.29, 1.82) is 0 Å². The van der Waals surface area contributed by atoms with Gasteiger partial charge in [0, 0.05) is 4.47 Å². The molecular formula is C7H8BrNO3S. The highest BCUT2D eigenvalue weighted by atomic mass is 79.9. The van der Waals surface area contributed by atoms with Crippen LogP contribution in [-0.4, -0.2) is 8.42 Å². The van der Waals surface area contributed by atoms with Crippen molar-refractivity contribution in [2.24, 2.45) is 5.14 Å². The van der Waals surface area contributed by atoms with Crippen molar-refractivity contribution in [2.45, 2.75) is 6.61 Å². The van der Waals surface area contributed by atoms with E-state index in [2.05, 4.69) is 25.3 Å². The van der Waals surface area contributed by atoms with Gasteiger partial charge in [0.15, 0.2) is 0 Å². The number of rotatable bonds is 3. The summed E-state index contributed by atoms with van der Waals surface area (Å²) in [6.45, 7) is -0.0434. The van der Waals surface area contributed by atoms with Crippen LogP contribution in [0.5, 0.6) is 0 Å². The van der Waals surface area contributed by atoms with Crippen LogP contribution >= 0.6 is 15.9 Å². The van der Waals surface area contributed by atoms with Crippen LogP contribution in [0.2, 0.25) is 0 Å². The largest absolute Gasteiger partial charge is 0.333 e. The predicted octanol–water partition coefficient (Wildman–Crippen LogP) is 1.17. The number of nitrogens with two attached hydrogens (primary N) is 1. The van der Waals surface area contributed by atoms with E-state index in [1.165, 1.54) is 0 Å². The third-order valence-corrected chi connectivity index (χ3v) is 2.22. The molecule has 0 amide bonds. The molecule has 0 aliphatic rings. The third-order valence-electron chi connectivity index (χ3n) is 1.28. The van der Waals surface area contributed by atoms with Gasteiger partial charge in [0.25, 0.3) is 0 Å². The van der Waals surface area contributed by atoms with Gasteiger partial charge >= 0.3 is 10.3 Å². The first-order valence-corrected chi connectivity index (χ1v) is 5.65. The first-order chi connectivity index (χ1) is 5.97. The molecule has 0 bridgehead atoms. The average Bonchev–Trinajstić information content (AvgIpc) is 2.00. The van der Waals surface area contributed by atoms with Crippen LogP contribution in [0.25, 0.3) is 0 Å². The van der Waals surface area contributed by atoms with E-state index in [1.807, 2.05) is 6.07 Å². The molecule has 0 saturated carbocycles. The quantitative estimate of drug-likeness (QED) is 0.892. The molecule has 2 N–H and O–H groups in total. The first-order valence-electron chi connectivity index (χ1n) is 3.39. The molecule has 0 radical (unpaired) electrons. The van der Waals surface area contributed by atoms with Gasteiger partial charge in [0.1, 0.15) is 0 Å². The summed E-state index contributed by atoms with van der Waals surface area (Å²) in [5.74, 6) is 0. The minimum atomic E-state index is -3.85. The van der Waals surface area contributed by atoms with Gasteiger partial charge in [-0.15, -0.1) is 0 Å². The molecule has 0 heterocycles. The maximum atomic E-state index is 10.4. The van der Waals surface area contributed by atoms with E-state index in [0.29, 0.717) is 0 Å². The van der Waals surface area contributed by atoms with Crippen LogP contribution in [0.15, 0.2) is 28.7 Å². The first kappa shape index (κ1) is 10.6. The van der Waals surface area contributed by atoms with Gasteiger partial charge in [-0.1, -0.05) is 28.1 Å². The Labute approximate surface area is 85.1 Å². The topological polar surface area (TPSA) is 69.4 Å². The summed E-state index contributed by atoms with van der Waals surface area (Å²) < 4.78 is 26.1. The Balaban J connectivity index is 2.65. The fourth-order valence-electron chi connectivity index (χ4n) is 0.777. The minimum Gasteiger partial charge on any atom is -0.253 e. The van der Waals surface area contributed by atoms with Crippen LogP contribution in [0.4, 0.5) is 0 Å². The van der Waals surface area contributed by atoms with Gasteiger partial charge in [-0.25, -0.2) is 5.14 Å². The molecule has 4 nitrogen and oxygen atoms in total. The maximum absolute atomic E-state index is 10.4. The molecule has 6 heteroatoms. The van der Waals surface area contributed by atoms with Crippen molar-refractivity contribution in [2.75, 3.05) is 0 Å². The van der Waals surface area contributed by atoms with Crippen LogP contribution in [0, 0.1) is 0 Å². The SMILES string of the molecule is NS(=O)(=O)OCc1cccc(Br)c1. The Morgan fingerprint density at radius 2 is 2.15 bits per heavy atom. The minimum absolute atomic E-state index is 0.0434. The van der Waals surface area contributed by atoms with Gasteiger partial charge in [-0.3, -0.25) is 4.18 Å². The van der Waals surface area contributed by atoms with Crippen molar-refractivity contribution >= 4 is 26.2 Å². The lowest BCUT2D eigenvalue weighted by atomic mass is 10.2. The standard InChI is InChI=1S/C7H8BrNO3S/c8-7-3-1-2-6(4-7)5-12-13(9,10)11/h1-4H,5H2,(H2,9,10,11). The molecule has 0 saturated heterocycles. The molecule has 1 rings (SSSR count). The Kier molecular flexibility index (Phi) is 3.43. The smallest absolute Gasteiger partial charge is 0.253 e. The Bertz CT molecular complexity index is 390. The van der Waals surface area contributed by atoms with Crippen LogP contribution in [-0.2, 0) is 21.1 Å². The number of hydrogen-bond acceptors (Lipinski definition) is 3. The monoisotopic (exact) mass is 265 g/mol. The van der Waals surface area contributed by atoms with Crippen molar-refractivity contribution < 1.29 is 12.6 Å². The second-order valence-corrected chi connectivity index (χ2v) is 4.52. The summed E-state index contributed by atoms with van der Waals surface area (Å²) in [6, 6.07) is 7.12. The summed E-state index contributed by atoms with van der Waals surface area (Å²) in [5.41, 5.74) is 0.739. The summed E-state index contributed by atoms with van der Waals surface area (Å²) in [6.07, 6.45) is 0. The highest BCUT2D eigenvalue weighted by Crippen LogP contribution is 2.12. The van der Waals surface area contributed by atoms with Crippen LogP contribution in [0.3, 0.4) is 0 Å². The molecule has 72 valence electrons. The van der Waals surface area contributed by atoms with Gasteiger partial charge in [0.05, 0.1) is 6.61 Å². The third kappa shape index (κ3) is 4.37. The molecule has 0 fully saturated rings. The lowest BCUT2D eigenvalue weighted by Crippen LogP contribution is -2.15. The predicted molar refractivity (Wildman–Crippen MR) is 52.0 cm³/mol. The maximum Gasteiger partial charge on any atom is 0.333 e. The van der Waals surface area contributed by atoms with E-state index in [0.717, 1.165) is 10.0 Å². The van der Waals surface area contributed by atoms with Crippen molar-refractivity contribution in [1.82, 2.24) is 0 Å². The average molecular weight is 266 g/mol. The summed E-state index contributed by atoms with van der Waals surface area (Å²) in [5, 5.41) is 4.66. The lowest BCUT2D eigenvalue weighted by Gasteiger charge is -2.01. The zero-order valence-electron chi connectivity index (χ0n) is 6.60. The van der Waals surface area contributed by atoms with E-state index in [-0.39, 0.29) is 6.61 Å². The van der Waals surface area contributed by atoms with Crippen molar-refractivity contribution in [3.8, 4) is 0 Å². The molecular weight excluding hydrogens is 258 g/mol. The van der Waals surface area contributed by atoms with Crippen molar-refractivity contribution in [3.63, 3.8) is 0 Å². The molecule has 0 aromatic heterocycles. The van der Waals surface area contributed by atoms with Crippen LogP contribution in [0.1, 0.15) is 5.56 Å². The van der Waals surface area contributed by atoms with Crippen LogP contribution < -0.4 is 5.14 Å². The lowest BCUT2D eigenvalue weighted by molar-refractivity contribution is 0.308. The zero-order valence-corrected chi connectivity index (χ0v) is 9.01. The van der Waals surface area contributed by atoms with E-state index in [4.69, 9.17) is 0 Å². The van der Waals surface area contributed by atoms with Gasteiger partial charge in [-0.05, 0) is 17.7 Å². The van der Waals surface area contributed by atoms with E-state index >= 15 is 0 Å². The molecule has 1 aromatic carbocycles. The van der Waals surface area contributed by atoms with E-state index in [9.17, 15) is 8.42 Å². The van der Waals surface area contributed by atoms with E-state index < -0.39 is 10.3 Å². The summed E-state index contributed by atoms with van der Waals surface area (Å²) in [7, 11) is -3.85. The molecule has 0 aliphatic carbocycles. The highest BCUT2D eigenvalue weighted by Gasteiger charge is 2.02. The summed E-state index contributed by atoms with van der Waals surface area (Å²) >= 11 is 3.25. The molecule has 13 heavy (non-hydrogen) atoms. The number of hydrogen-bond donors (Lipinski definition) is 1. The van der Waals surface area contributed by atoms with Gasteiger partial charge in [-0.2, -0.15) is 8.42 Å². The fraction of sp³-hybridized carbons (Fsp3) is 0.143. The molecule has 0 spiro atoms. The van der Waals surface area contributed by atoms with Gasteiger partial charge < -0.3 is 0 Å². The normalized spacial score (nSPS) is 11.5. The number of halogens is 1. The highest BCUT2D eigenvalue weighted by molar-refractivity contribution is 9.10. The Morgan fingerprint density at radius 3 is 2.69 bits per heavy atom. The molecule has 0 unspecified atom stereocenters. The number of benzene rings is 1. The molecule has 0 atom stereocenters. The van der Waals surface area contributed by atoms with Crippen molar-refractivity contribution in [3.05, 3.63) is 34.3 Å². The second kappa shape index (κ2) is 4.19. The van der Waals surface area contributed by atoms with Gasteiger partial charge in [0.2, 0.25) is 0 Å². The summed E-state index contributed by atoms with van der Waals surface area (Å²) in [4.78, 5) is 0. The Morgan fingerprint density at radius 1 is 1.46 bits per heavy atom. The fourth-order valence-corrected chi connectivity index (χ4v) is 1.52. The molecule has 1 aromatic rings. The zero-order chi connectivity index (χ0) is 9.90. The molecule has 0 aliphatic heterocycles. The Hall–Kier alpha value is -0.430. The second-order valence-electron chi connectivity index (χ2n) is 2.38.